The van der Waals surface area contributed by atoms with Crippen molar-refractivity contribution in [2.24, 2.45) is 5.92 Å². The van der Waals surface area contributed by atoms with Crippen molar-refractivity contribution in [3.63, 3.8) is 0 Å². The maximum absolute atomic E-state index is 12.9. The number of nitrogens with one attached hydrogen (secondary N) is 3. The van der Waals surface area contributed by atoms with Gasteiger partial charge in [-0.3, -0.25) is 5.32 Å². The Kier molecular flexibility index (Phi) is 8.71. The fourth-order valence-corrected chi connectivity index (χ4v) is 6.84. The Morgan fingerprint density at radius 2 is 2.12 bits per heavy atom. The number of hydrogen-bond acceptors (Lipinski definition) is 7. The SMILES string of the molecule is CC(C)CS(=O)(=O)C(NC(=O)Nc1cnc2c(ccn2COCC[Si](C)(C)C)n1)C1CCCN1. The molecule has 3 heterocycles. The zero-order chi connectivity index (χ0) is 24.9. The third-order valence-corrected chi connectivity index (χ3v) is 9.68. The molecule has 0 radical (unpaired) electrons. The highest BCUT2D eigenvalue weighted by Gasteiger charge is 2.36. The number of sulfone groups is 1. The Hall–Kier alpha value is -2.02. The van der Waals surface area contributed by atoms with Gasteiger partial charge >= 0.3 is 6.03 Å². The maximum Gasteiger partial charge on any atom is 0.321 e. The van der Waals surface area contributed by atoms with Gasteiger partial charge in [0.1, 0.15) is 17.6 Å². The largest absolute Gasteiger partial charge is 0.361 e. The van der Waals surface area contributed by atoms with Crippen LogP contribution < -0.4 is 16.0 Å². The second kappa shape index (κ2) is 11.1. The maximum atomic E-state index is 12.9. The van der Waals surface area contributed by atoms with Crippen LogP contribution in [0.1, 0.15) is 26.7 Å². The highest BCUT2D eigenvalue weighted by Crippen LogP contribution is 2.18. The summed E-state index contributed by atoms with van der Waals surface area (Å²) in [6.07, 6.45) is 4.89. The van der Waals surface area contributed by atoms with Gasteiger partial charge in [0, 0.05) is 26.9 Å². The third-order valence-electron chi connectivity index (χ3n) is 5.62. The Labute approximate surface area is 203 Å². The van der Waals surface area contributed by atoms with Crippen LogP contribution in [0.3, 0.4) is 0 Å². The number of rotatable bonds is 11. The summed E-state index contributed by atoms with van der Waals surface area (Å²) in [5.74, 6) is 0.229. The van der Waals surface area contributed by atoms with Crippen LogP contribution in [0, 0.1) is 5.92 Å². The molecule has 2 atom stereocenters. The second-order valence-electron chi connectivity index (χ2n) is 10.5. The average Bonchev–Trinajstić information content (AvgIpc) is 3.37. The van der Waals surface area contributed by atoms with Gasteiger partial charge in [-0.1, -0.05) is 33.5 Å². The Bertz CT molecular complexity index is 1080. The number of ether oxygens (including phenoxy) is 1. The minimum absolute atomic E-state index is 0.00934. The zero-order valence-corrected chi connectivity index (χ0v) is 22.6. The molecule has 0 bridgehead atoms. The van der Waals surface area contributed by atoms with Crippen molar-refractivity contribution in [2.75, 3.05) is 24.2 Å². The smallest absolute Gasteiger partial charge is 0.321 e. The van der Waals surface area contributed by atoms with Gasteiger partial charge in [0.2, 0.25) is 0 Å². The molecule has 3 rings (SSSR count). The Morgan fingerprint density at radius 3 is 2.76 bits per heavy atom. The van der Waals surface area contributed by atoms with E-state index in [-0.39, 0.29) is 23.5 Å². The molecule has 0 spiro atoms. The van der Waals surface area contributed by atoms with Gasteiger partial charge in [-0.15, -0.1) is 0 Å². The van der Waals surface area contributed by atoms with E-state index >= 15 is 0 Å². The first-order valence-corrected chi connectivity index (χ1v) is 17.3. The van der Waals surface area contributed by atoms with Crippen molar-refractivity contribution in [2.45, 2.75) is 70.5 Å². The van der Waals surface area contributed by atoms with Crippen LogP contribution in [0.4, 0.5) is 10.6 Å². The van der Waals surface area contributed by atoms with Gasteiger partial charge in [0.25, 0.3) is 0 Å². The number of urea groups is 1. The molecule has 34 heavy (non-hydrogen) atoms. The Morgan fingerprint density at radius 1 is 1.35 bits per heavy atom. The van der Waals surface area contributed by atoms with Gasteiger partial charge in [0.15, 0.2) is 21.3 Å². The van der Waals surface area contributed by atoms with Crippen LogP contribution in [-0.2, 0) is 21.3 Å². The summed E-state index contributed by atoms with van der Waals surface area (Å²) >= 11 is 0. The lowest BCUT2D eigenvalue weighted by Gasteiger charge is -2.25. The van der Waals surface area contributed by atoms with Crippen LogP contribution in [0.15, 0.2) is 18.5 Å². The van der Waals surface area contributed by atoms with Gasteiger partial charge < -0.3 is 19.9 Å². The van der Waals surface area contributed by atoms with E-state index in [0.717, 1.165) is 19.0 Å². The minimum Gasteiger partial charge on any atom is -0.361 e. The normalized spacial score (nSPS) is 17.9. The van der Waals surface area contributed by atoms with Crippen molar-refractivity contribution >= 4 is 40.9 Å². The average molecular weight is 511 g/mol. The van der Waals surface area contributed by atoms with Gasteiger partial charge in [-0.2, -0.15) is 0 Å². The highest BCUT2D eigenvalue weighted by molar-refractivity contribution is 7.92. The molecule has 2 unspecified atom stereocenters. The summed E-state index contributed by atoms with van der Waals surface area (Å²) in [7, 11) is -4.68. The molecule has 0 aliphatic carbocycles. The summed E-state index contributed by atoms with van der Waals surface area (Å²) < 4.78 is 33.5. The standard InChI is InChI=1S/C22H38N6O4SSi/c1-16(2)14-33(30,31)21(18-7-6-9-23-18)27-22(29)26-19-13-24-20-17(25-19)8-10-28(20)15-32-11-12-34(3,4)5/h8,10,13,16,18,21,23H,6-7,9,11-12,14-15H2,1-5H3,(H2,25,26,27,29). The number of amides is 2. The molecule has 12 heteroatoms. The lowest BCUT2D eigenvalue weighted by atomic mass is 10.2. The lowest BCUT2D eigenvalue weighted by molar-refractivity contribution is 0.0899. The van der Waals surface area contributed by atoms with E-state index in [0.29, 0.717) is 30.9 Å². The van der Waals surface area contributed by atoms with Gasteiger partial charge in [-0.25, -0.2) is 23.2 Å². The molecule has 0 aromatic carbocycles. The summed E-state index contributed by atoms with van der Waals surface area (Å²) in [4.78, 5) is 21.6. The molecule has 2 aromatic heterocycles. The molecule has 2 aromatic rings. The van der Waals surface area contributed by atoms with E-state index in [4.69, 9.17) is 4.74 Å². The monoisotopic (exact) mass is 510 g/mol. The Balaban J connectivity index is 1.64. The first kappa shape index (κ1) is 26.6. The molecule has 1 saturated heterocycles. The quantitative estimate of drug-likeness (QED) is 0.313. The van der Waals surface area contributed by atoms with Crippen LogP contribution in [0.5, 0.6) is 0 Å². The number of nitrogens with zero attached hydrogens (tertiary/aromatic N) is 3. The zero-order valence-electron chi connectivity index (χ0n) is 20.8. The summed E-state index contributed by atoms with van der Waals surface area (Å²) in [5, 5.41) is 7.50. The molecular formula is C22H38N6O4SSi. The van der Waals surface area contributed by atoms with Crippen molar-refractivity contribution in [3.8, 4) is 0 Å². The van der Waals surface area contributed by atoms with E-state index in [1.165, 1.54) is 6.20 Å². The van der Waals surface area contributed by atoms with E-state index in [2.05, 4.69) is 45.6 Å². The predicted octanol–water partition coefficient (Wildman–Crippen LogP) is 3.01. The van der Waals surface area contributed by atoms with Crippen LogP contribution >= 0.6 is 0 Å². The molecular weight excluding hydrogens is 472 g/mol. The van der Waals surface area contributed by atoms with Crippen molar-refractivity contribution in [3.05, 3.63) is 18.5 Å². The van der Waals surface area contributed by atoms with Crippen LogP contribution in [0.25, 0.3) is 11.2 Å². The van der Waals surface area contributed by atoms with Crippen LogP contribution in [-0.4, -0.2) is 67.4 Å². The third kappa shape index (κ3) is 7.49. The molecule has 1 fully saturated rings. The van der Waals surface area contributed by atoms with E-state index < -0.39 is 29.3 Å². The van der Waals surface area contributed by atoms with E-state index in [1.54, 1.807) is 0 Å². The number of fused-ring (bicyclic) bond motifs is 1. The molecule has 1 aliphatic heterocycles. The van der Waals surface area contributed by atoms with E-state index in [1.807, 2.05) is 30.7 Å². The molecule has 3 N–H and O–H groups in total. The van der Waals surface area contributed by atoms with Gasteiger partial charge in [0.05, 0.1) is 11.9 Å². The molecule has 190 valence electrons. The molecule has 2 amide bonds. The van der Waals surface area contributed by atoms with Crippen molar-refractivity contribution in [1.29, 1.82) is 0 Å². The fraction of sp³-hybridized carbons (Fsp3) is 0.682. The number of aromatic nitrogens is 3. The van der Waals surface area contributed by atoms with Crippen LogP contribution in [0.2, 0.25) is 25.7 Å². The van der Waals surface area contributed by atoms with E-state index in [9.17, 15) is 13.2 Å². The summed E-state index contributed by atoms with van der Waals surface area (Å²) in [6, 6.07) is 1.98. The summed E-state index contributed by atoms with van der Waals surface area (Å²) in [5.41, 5.74) is 1.28. The predicted molar refractivity (Wildman–Crippen MR) is 137 cm³/mol. The van der Waals surface area contributed by atoms with Crippen molar-refractivity contribution in [1.82, 2.24) is 25.2 Å². The number of carbonyl (C=O) groups is 1. The molecule has 1 aliphatic rings. The van der Waals surface area contributed by atoms with Gasteiger partial charge in [-0.05, 0) is 37.4 Å². The fourth-order valence-electron chi connectivity index (χ4n) is 3.93. The number of hydrogen-bond donors (Lipinski definition) is 3. The lowest BCUT2D eigenvalue weighted by Crippen LogP contribution is -2.54. The first-order chi connectivity index (χ1) is 15.9. The molecule has 10 nitrogen and oxygen atoms in total. The van der Waals surface area contributed by atoms with Crippen molar-refractivity contribution < 1.29 is 17.9 Å². The molecule has 0 saturated carbocycles. The number of anilines is 1. The summed E-state index contributed by atoms with van der Waals surface area (Å²) in [6.45, 7) is 12.5. The highest BCUT2D eigenvalue weighted by atomic mass is 32.2. The minimum atomic E-state index is -3.53. The first-order valence-electron chi connectivity index (χ1n) is 11.9. The topological polar surface area (TPSA) is 127 Å². The number of carbonyl (C=O) groups excluding carboxylic acids is 1. The second-order valence-corrected chi connectivity index (χ2v) is 18.3.